The first-order chi connectivity index (χ1) is 12.6. The maximum absolute atomic E-state index is 12.7. The van der Waals surface area contributed by atoms with Gasteiger partial charge in [-0.2, -0.15) is 13.2 Å². The second-order valence-electron chi connectivity index (χ2n) is 6.88. The number of nitrogens with one attached hydrogen (secondary N) is 2. The molecule has 3 rings (SSSR count). The van der Waals surface area contributed by atoms with Crippen LogP contribution in [0.3, 0.4) is 0 Å². The molecular formula is C20H19F3N2O2. The molecule has 0 spiro atoms. The predicted molar refractivity (Wildman–Crippen MR) is 96.2 cm³/mol. The average Bonchev–Trinajstić information content (AvgIpc) is 3.34. The predicted octanol–water partition coefficient (Wildman–Crippen LogP) is 4.54. The van der Waals surface area contributed by atoms with Gasteiger partial charge in [-0.1, -0.05) is 12.1 Å². The quantitative estimate of drug-likeness (QED) is 0.823. The van der Waals surface area contributed by atoms with Crippen LogP contribution >= 0.6 is 0 Å². The molecule has 2 N–H and O–H groups in total. The van der Waals surface area contributed by atoms with Crippen molar-refractivity contribution in [2.75, 3.05) is 10.6 Å². The van der Waals surface area contributed by atoms with Gasteiger partial charge in [-0.25, -0.2) is 0 Å². The van der Waals surface area contributed by atoms with Crippen molar-refractivity contribution < 1.29 is 22.8 Å². The molecule has 7 heteroatoms. The molecule has 0 aliphatic heterocycles. The maximum Gasteiger partial charge on any atom is 0.416 e. The van der Waals surface area contributed by atoms with Crippen LogP contribution in [0.15, 0.2) is 42.5 Å². The lowest BCUT2D eigenvalue weighted by molar-refractivity contribution is -0.137. The van der Waals surface area contributed by atoms with Crippen LogP contribution in [0.2, 0.25) is 0 Å². The van der Waals surface area contributed by atoms with Gasteiger partial charge >= 0.3 is 6.18 Å². The van der Waals surface area contributed by atoms with E-state index in [4.69, 9.17) is 0 Å². The van der Waals surface area contributed by atoms with Crippen LogP contribution in [0, 0.1) is 25.7 Å². The Morgan fingerprint density at radius 1 is 0.889 bits per heavy atom. The number of rotatable bonds is 4. The first-order valence-corrected chi connectivity index (χ1v) is 8.51. The highest BCUT2D eigenvalue weighted by molar-refractivity contribution is 6.03. The number of halogens is 3. The number of anilines is 2. The lowest BCUT2D eigenvalue weighted by Crippen LogP contribution is -2.21. The molecule has 142 valence electrons. The molecule has 4 nitrogen and oxygen atoms in total. The molecular weight excluding hydrogens is 357 g/mol. The van der Waals surface area contributed by atoms with Gasteiger partial charge in [0.05, 0.1) is 17.4 Å². The summed E-state index contributed by atoms with van der Waals surface area (Å²) in [5, 5.41) is 5.26. The van der Waals surface area contributed by atoms with Gasteiger partial charge in [-0.15, -0.1) is 0 Å². The van der Waals surface area contributed by atoms with E-state index in [0.29, 0.717) is 12.1 Å². The van der Waals surface area contributed by atoms with E-state index in [1.54, 1.807) is 0 Å². The second-order valence-corrected chi connectivity index (χ2v) is 6.88. The standard InChI is InChI=1S/C20H19F3N2O2/c1-11-6-12(2)8-15(7-11)25-19(27)17-10-16(17)18(26)24-14-5-3-4-13(9-14)20(21,22)23/h3-9,16-17H,10H2,1-2H3,(H,24,26)(H,25,27). The van der Waals surface area contributed by atoms with Crippen molar-refractivity contribution in [3.05, 3.63) is 59.2 Å². The zero-order chi connectivity index (χ0) is 19.8. The molecule has 0 heterocycles. The van der Waals surface area contributed by atoms with Crippen molar-refractivity contribution in [2.24, 2.45) is 11.8 Å². The maximum atomic E-state index is 12.7. The summed E-state index contributed by atoms with van der Waals surface area (Å²) >= 11 is 0. The monoisotopic (exact) mass is 376 g/mol. The molecule has 1 aliphatic rings. The highest BCUT2D eigenvalue weighted by Gasteiger charge is 2.48. The van der Waals surface area contributed by atoms with Crippen LogP contribution < -0.4 is 10.6 Å². The smallest absolute Gasteiger partial charge is 0.326 e. The molecule has 2 amide bonds. The van der Waals surface area contributed by atoms with Gasteiger partial charge in [0.25, 0.3) is 0 Å². The minimum Gasteiger partial charge on any atom is -0.326 e. The summed E-state index contributed by atoms with van der Waals surface area (Å²) < 4.78 is 38.2. The molecule has 0 saturated heterocycles. The summed E-state index contributed by atoms with van der Waals surface area (Å²) in [6, 6.07) is 10.1. The van der Waals surface area contributed by atoms with E-state index in [1.807, 2.05) is 32.0 Å². The Kier molecular flexibility index (Phi) is 4.95. The summed E-state index contributed by atoms with van der Waals surface area (Å²) in [4.78, 5) is 24.5. The van der Waals surface area contributed by atoms with E-state index < -0.39 is 29.5 Å². The second kappa shape index (κ2) is 7.06. The lowest BCUT2D eigenvalue weighted by atomic mass is 10.1. The number of alkyl halides is 3. The number of hydrogen-bond donors (Lipinski definition) is 2. The van der Waals surface area contributed by atoms with Gasteiger partial charge in [-0.3, -0.25) is 9.59 Å². The van der Waals surface area contributed by atoms with E-state index in [0.717, 1.165) is 23.3 Å². The van der Waals surface area contributed by atoms with Gasteiger partial charge in [-0.05, 0) is 61.7 Å². The van der Waals surface area contributed by atoms with E-state index in [2.05, 4.69) is 10.6 Å². The Balaban J connectivity index is 1.59. The molecule has 2 unspecified atom stereocenters. The van der Waals surface area contributed by atoms with Crippen molar-refractivity contribution in [1.82, 2.24) is 0 Å². The van der Waals surface area contributed by atoms with Gasteiger partial charge in [0.15, 0.2) is 0 Å². The SMILES string of the molecule is Cc1cc(C)cc(NC(=O)C2CC2C(=O)Nc2cccc(C(F)(F)F)c2)c1. The fraction of sp³-hybridized carbons (Fsp3) is 0.300. The van der Waals surface area contributed by atoms with Crippen molar-refractivity contribution in [2.45, 2.75) is 26.4 Å². The van der Waals surface area contributed by atoms with E-state index in [1.165, 1.54) is 12.1 Å². The minimum atomic E-state index is -4.48. The normalized spacial score (nSPS) is 18.7. The fourth-order valence-electron chi connectivity index (χ4n) is 3.06. The number of amides is 2. The zero-order valence-electron chi connectivity index (χ0n) is 14.9. The molecule has 0 bridgehead atoms. The number of carbonyl (C=O) groups is 2. The number of hydrogen-bond acceptors (Lipinski definition) is 2. The molecule has 1 fully saturated rings. The molecule has 27 heavy (non-hydrogen) atoms. The van der Waals surface area contributed by atoms with Crippen LogP contribution in [-0.2, 0) is 15.8 Å². The van der Waals surface area contributed by atoms with Gasteiger partial charge in [0, 0.05) is 11.4 Å². The minimum absolute atomic E-state index is 0.0650. The number of carbonyl (C=O) groups excluding carboxylic acids is 2. The third kappa shape index (κ3) is 4.67. The molecule has 2 atom stereocenters. The Bertz CT molecular complexity index is 873. The third-order valence-corrected chi connectivity index (χ3v) is 4.41. The number of aryl methyl sites for hydroxylation is 2. The Morgan fingerprint density at radius 2 is 1.44 bits per heavy atom. The van der Waals surface area contributed by atoms with Crippen LogP contribution in [0.4, 0.5) is 24.5 Å². The highest BCUT2D eigenvalue weighted by atomic mass is 19.4. The molecule has 1 aliphatic carbocycles. The number of benzene rings is 2. The highest BCUT2D eigenvalue weighted by Crippen LogP contribution is 2.40. The molecule has 0 radical (unpaired) electrons. The van der Waals surface area contributed by atoms with E-state index in [9.17, 15) is 22.8 Å². The van der Waals surface area contributed by atoms with Crippen molar-refractivity contribution in [1.29, 1.82) is 0 Å². The van der Waals surface area contributed by atoms with Crippen LogP contribution in [0.25, 0.3) is 0 Å². The van der Waals surface area contributed by atoms with Gasteiger partial charge in [0.1, 0.15) is 0 Å². The zero-order valence-corrected chi connectivity index (χ0v) is 14.9. The van der Waals surface area contributed by atoms with Gasteiger partial charge in [0.2, 0.25) is 11.8 Å². The topological polar surface area (TPSA) is 58.2 Å². The van der Waals surface area contributed by atoms with Crippen LogP contribution in [0.1, 0.15) is 23.1 Å². The van der Waals surface area contributed by atoms with E-state index >= 15 is 0 Å². The summed E-state index contributed by atoms with van der Waals surface area (Å²) in [6.45, 7) is 3.84. The summed E-state index contributed by atoms with van der Waals surface area (Å²) in [7, 11) is 0. The third-order valence-electron chi connectivity index (χ3n) is 4.41. The largest absolute Gasteiger partial charge is 0.416 e. The first kappa shape index (κ1) is 18.9. The molecule has 0 aromatic heterocycles. The van der Waals surface area contributed by atoms with Crippen molar-refractivity contribution >= 4 is 23.2 Å². The Hall–Kier alpha value is -2.83. The first-order valence-electron chi connectivity index (χ1n) is 8.51. The van der Waals surface area contributed by atoms with Crippen LogP contribution in [0.5, 0.6) is 0 Å². The molecule has 2 aromatic carbocycles. The van der Waals surface area contributed by atoms with Crippen LogP contribution in [-0.4, -0.2) is 11.8 Å². The average molecular weight is 376 g/mol. The van der Waals surface area contributed by atoms with Crippen molar-refractivity contribution in [3.8, 4) is 0 Å². The summed E-state index contributed by atoms with van der Waals surface area (Å²) in [6.07, 6.45) is -4.10. The van der Waals surface area contributed by atoms with Crippen molar-refractivity contribution in [3.63, 3.8) is 0 Å². The van der Waals surface area contributed by atoms with E-state index in [-0.39, 0.29) is 11.6 Å². The summed E-state index contributed by atoms with van der Waals surface area (Å²) in [5.41, 5.74) is 1.93. The Labute approximate surface area is 154 Å². The molecule has 2 aromatic rings. The fourth-order valence-corrected chi connectivity index (χ4v) is 3.06. The Morgan fingerprint density at radius 3 is 2.00 bits per heavy atom. The van der Waals surface area contributed by atoms with Gasteiger partial charge < -0.3 is 10.6 Å². The summed E-state index contributed by atoms with van der Waals surface area (Å²) in [5.74, 6) is -1.72. The lowest BCUT2D eigenvalue weighted by Gasteiger charge is -2.10. The molecule has 1 saturated carbocycles.